The first-order valence-corrected chi connectivity index (χ1v) is 6.90. The van der Waals surface area contributed by atoms with E-state index in [0.29, 0.717) is 12.2 Å². The summed E-state index contributed by atoms with van der Waals surface area (Å²) in [7, 11) is 3.36. The highest BCUT2D eigenvalue weighted by atomic mass is 16.5. The number of anilines is 1. The van der Waals surface area contributed by atoms with Gasteiger partial charge in [-0.15, -0.1) is 0 Å². The maximum absolute atomic E-state index is 11.8. The van der Waals surface area contributed by atoms with Gasteiger partial charge in [-0.3, -0.25) is 9.59 Å². The Hall–Kier alpha value is -2.04. The fourth-order valence-corrected chi connectivity index (χ4v) is 1.60. The zero-order valence-corrected chi connectivity index (χ0v) is 13.4. The Morgan fingerprint density at radius 3 is 2.19 bits per heavy atom. The van der Waals surface area contributed by atoms with Crippen LogP contribution in [-0.2, 0) is 9.59 Å². The Labute approximate surface area is 126 Å². The Kier molecular flexibility index (Phi) is 5.76. The van der Waals surface area contributed by atoms with Gasteiger partial charge in [-0.05, 0) is 29.7 Å². The van der Waals surface area contributed by atoms with Crippen LogP contribution < -0.4 is 10.1 Å². The van der Waals surface area contributed by atoms with E-state index in [9.17, 15) is 9.59 Å². The minimum Gasteiger partial charge on any atom is -0.484 e. The van der Waals surface area contributed by atoms with Crippen LogP contribution in [0.3, 0.4) is 0 Å². The first kappa shape index (κ1) is 17.0. The van der Waals surface area contributed by atoms with E-state index in [1.165, 1.54) is 4.90 Å². The lowest BCUT2D eigenvalue weighted by molar-refractivity contribution is -0.130. The number of rotatable bonds is 5. The second-order valence-corrected chi connectivity index (χ2v) is 6.39. The van der Waals surface area contributed by atoms with E-state index in [1.807, 2.05) is 20.8 Å². The molecule has 1 N–H and O–H groups in total. The molecule has 0 radical (unpaired) electrons. The van der Waals surface area contributed by atoms with Gasteiger partial charge in [0.05, 0.1) is 0 Å². The van der Waals surface area contributed by atoms with Gasteiger partial charge in [-0.2, -0.15) is 0 Å². The normalized spacial score (nSPS) is 10.9. The molecule has 0 heterocycles. The lowest BCUT2D eigenvalue weighted by Crippen LogP contribution is -2.27. The van der Waals surface area contributed by atoms with Crippen molar-refractivity contribution in [2.75, 3.05) is 26.0 Å². The minimum atomic E-state index is -0.0995. The van der Waals surface area contributed by atoms with Gasteiger partial charge in [-0.25, -0.2) is 0 Å². The summed E-state index contributed by atoms with van der Waals surface area (Å²) in [6.45, 7) is 6.06. The highest BCUT2D eigenvalue weighted by molar-refractivity contribution is 5.91. The van der Waals surface area contributed by atoms with Gasteiger partial charge in [0.25, 0.3) is 5.91 Å². The zero-order valence-electron chi connectivity index (χ0n) is 13.4. The summed E-state index contributed by atoms with van der Waals surface area (Å²) in [4.78, 5) is 24.7. The molecule has 0 atom stereocenters. The maximum Gasteiger partial charge on any atom is 0.259 e. The summed E-state index contributed by atoms with van der Waals surface area (Å²) < 4.78 is 5.37. The van der Waals surface area contributed by atoms with Gasteiger partial charge in [0.2, 0.25) is 5.91 Å². The van der Waals surface area contributed by atoms with Crippen molar-refractivity contribution in [2.24, 2.45) is 5.41 Å². The van der Waals surface area contributed by atoms with Crippen LogP contribution in [0.25, 0.3) is 0 Å². The molecule has 5 heteroatoms. The number of benzene rings is 1. The number of carbonyl (C=O) groups is 2. The van der Waals surface area contributed by atoms with E-state index in [0.717, 1.165) is 5.69 Å². The lowest BCUT2D eigenvalue weighted by Gasteiger charge is -2.17. The number of nitrogens with one attached hydrogen (secondary N) is 1. The molecule has 0 saturated heterocycles. The summed E-state index contributed by atoms with van der Waals surface area (Å²) in [5.41, 5.74) is 0.676. The van der Waals surface area contributed by atoms with Gasteiger partial charge < -0.3 is 15.0 Å². The lowest BCUT2D eigenvalue weighted by atomic mass is 9.92. The van der Waals surface area contributed by atoms with Crippen molar-refractivity contribution in [1.82, 2.24) is 4.90 Å². The Morgan fingerprint density at radius 1 is 1.14 bits per heavy atom. The molecular weight excluding hydrogens is 268 g/mol. The molecule has 21 heavy (non-hydrogen) atoms. The number of ether oxygens (including phenoxy) is 1. The first-order chi connectivity index (χ1) is 9.67. The molecule has 1 rings (SSSR count). The molecular formula is C16H24N2O3. The first-order valence-electron chi connectivity index (χ1n) is 6.90. The van der Waals surface area contributed by atoms with Gasteiger partial charge >= 0.3 is 0 Å². The number of amides is 2. The van der Waals surface area contributed by atoms with Crippen molar-refractivity contribution in [3.63, 3.8) is 0 Å². The largest absolute Gasteiger partial charge is 0.484 e. The van der Waals surface area contributed by atoms with Crippen LogP contribution in [-0.4, -0.2) is 37.4 Å². The second-order valence-electron chi connectivity index (χ2n) is 6.39. The fourth-order valence-electron chi connectivity index (χ4n) is 1.60. The van der Waals surface area contributed by atoms with E-state index in [1.54, 1.807) is 38.4 Å². The van der Waals surface area contributed by atoms with Crippen molar-refractivity contribution >= 4 is 17.5 Å². The third-order valence-corrected chi connectivity index (χ3v) is 2.69. The summed E-state index contributed by atoms with van der Waals surface area (Å²) >= 11 is 0. The van der Waals surface area contributed by atoms with Crippen molar-refractivity contribution < 1.29 is 14.3 Å². The molecule has 0 fully saturated rings. The summed E-state index contributed by atoms with van der Waals surface area (Å²) in [5.74, 6) is 0.482. The van der Waals surface area contributed by atoms with E-state index < -0.39 is 0 Å². The smallest absolute Gasteiger partial charge is 0.259 e. The maximum atomic E-state index is 11.8. The molecule has 0 aliphatic rings. The van der Waals surface area contributed by atoms with Gasteiger partial charge in [-0.1, -0.05) is 20.8 Å². The molecule has 1 aromatic rings. The Balaban J connectivity index is 2.51. The summed E-state index contributed by atoms with van der Waals surface area (Å²) in [6.07, 6.45) is 0.461. The molecule has 0 aliphatic heterocycles. The zero-order chi connectivity index (χ0) is 16.0. The topological polar surface area (TPSA) is 58.6 Å². The third kappa shape index (κ3) is 6.79. The molecule has 0 unspecified atom stereocenters. The van der Waals surface area contributed by atoms with E-state index in [4.69, 9.17) is 4.74 Å². The van der Waals surface area contributed by atoms with Crippen LogP contribution in [0.1, 0.15) is 27.2 Å². The monoisotopic (exact) mass is 292 g/mol. The summed E-state index contributed by atoms with van der Waals surface area (Å²) in [6, 6.07) is 6.98. The predicted molar refractivity (Wildman–Crippen MR) is 83.3 cm³/mol. The van der Waals surface area contributed by atoms with Crippen molar-refractivity contribution in [2.45, 2.75) is 27.2 Å². The molecule has 1 aromatic carbocycles. The van der Waals surface area contributed by atoms with E-state index in [2.05, 4.69) is 5.32 Å². The third-order valence-electron chi connectivity index (χ3n) is 2.69. The fraction of sp³-hybridized carbons (Fsp3) is 0.500. The molecule has 0 aliphatic carbocycles. The SMILES string of the molecule is CN(C)C(=O)COc1ccc(NC(=O)CC(C)(C)C)cc1. The van der Waals surface area contributed by atoms with Crippen LogP contribution >= 0.6 is 0 Å². The Bertz CT molecular complexity index is 487. The highest BCUT2D eigenvalue weighted by Gasteiger charge is 2.15. The Morgan fingerprint density at radius 2 is 1.71 bits per heavy atom. The van der Waals surface area contributed by atoms with E-state index >= 15 is 0 Å². The molecule has 0 aromatic heterocycles. The van der Waals surface area contributed by atoms with E-state index in [-0.39, 0.29) is 23.8 Å². The molecule has 0 bridgehead atoms. The number of hydrogen-bond acceptors (Lipinski definition) is 3. The van der Waals surface area contributed by atoms with Crippen molar-refractivity contribution in [3.8, 4) is 5.75 Å². The molecule has 116 valence electrons. The average Bonchev–Trinajstić information content (AvgIpc) is 2.35. The number of carbonyl (C=O) groups excluding carboxylic acids is 2. The highest BCUT2D eigenvalue weighted by Crippen LogP contribution is 2.20. The van der Waals surface area contributed by atoms with Crippen molar-refractivity contribution in [3.05, 3.63) is 24.3 Å². The average molecular weight is 292 g/mol. The molecule has 0 spiro atoms. The van der Waals surface area contributed by atoms with Crippen LogP contribution in [0.5, 0.6) is 5.75 Å². The second kappa shape index (κ2) is 7.11. The van der Waals surface area contributed by atoms with Gasteiger partial charge in [0.1, 0.15) is 5.75 Å². The minimum absolute atomic E-state index is 0.00271. The van der Waals surface area contributed by atoms with Crippen LogP contribution in [0.15, 0.2) is 24.3 Å². The predicted octanol–water partition coefficient (Wildman–Crippen LogP) is 2.53. The number of hydrogen-bond donors (Lipinski definition) is 1. The molecule has 0 saturated carbocycles. The number of nitrogens with zero attached hydrogens (tertiary/aromatic N) is 1. The summed E-state index contributed by atoms with van der Waals surface area (Å²) in [5, 5.41) is 2.84. The van der Waals surface area contributed by atoms with Crippen LogP contribution in [0, 0.1) is 5.41 Å². The van der Waals surface area contributed by atoms with Crippen molar-refractivity contribution in [1.29, 1.82) is 0 Å². The number of likely N-dealkylation sites (N-methyl/N-ethyl adjacent to an activating group) is 1. The molecule has 2 amide bonds. The van der Waals surface area contributed by atoms with Gasteiger partial charge in [0.15, 0.2) is 6.61 Å². The molecule has 5 nitrogen and oxygen atoms in total. The quantitative estimate of drug-likeness (QED) is 0.907. The standard InChI is InChI=1S/C16H24N2O3/c1-16(2,3)10-14(19)17-12-6-8-13(9-7-12)21-11-15(20)18(4)5/h6-9H,10-11H2,1-5H3,(H,17,19). The van der Waals surface area contributed by atoms with Gasteiger partial charge in [0, 0.05) is 26.2 Å². The van der Waals surface area contributed by atoms with Crippen LogP contribution in [0.4, 0.5) is 5.69 Å². The van der Waals surface area contributed by atoms with Crippen LogP contribution in [0.2, 0.25) is 0 Å².